The maximum absolute atomic E-state index is 12.5. The summed E-state index contributed by atoms with van der Waals surface area (Å²) in [6.45, 7) is 2.74. The number of nitrogens with zero attached hydrogens (tertiary/aromatic N) is 2. The van der Waals surface area contributed by atoms with Crippen molar-refractivity contribution < 1.29 is 4.79 Å². The molecule has 4 N–H and O–H groups in total. The summed E-state index contributed by atoms with van der Waals surface area (Å²) in [7, 11) is 0. The zero-order chi connectivity index (χ0) is 20.9. The molecule has 4 rings (SSSR count). The van der Waals surface area contributed by atoms with E-state index in [0.717, 1.165) is 54.5 Å². The minimum absolute atomic E-state index is 0.111. The first-order valence-electron chi connectivity index (χ1n) is 10.4. The zero-order valence-electron chi connectivity index (χ0n) is 16.9. The second-order valence-electron chi connectivity index (χ2n) is 7.94. The lowest BCUT2D eigenvalue weighted by Crippen LogP contribution is -2.36. The Morgan fingerprint density at radius 2 is 2.10 bits per heavy atom. The number of hydrogen-bond donors (Lipinski definition) is 3. The predicted molar refractivity (Wildman–Crippen MR) is 117 cm³/mol. The number of aromatic nitrogens is 2. The van der Waals surface area contributed by atoms with Crippen LogP contribution in [0.1, 0.15) is 40.9 Å². The van der Waals surface area contributed by atoms with Crippen LogP contribution in [-0.2, 0) is 13.1 Å². The Labute approximate surface area is 175 Å². The van der Waals surface area contributed by atoms with Gasteiger partial charge in [-0.1, -0.05) is 24.6 Å². The van der Waals surface area contributed by atoms with Crippen molar-refractivity contribution in [2.45, 2.75) is 38.4 Å². The monoisotopic (exact) mass is 405 g/mol. The van der Waals surface area contributed by atoms with Crippen molar-refractivity contribution in [3.8, 4) is 0 Å². The lowest BCUT2D eigenvalue weighted by atomic mass is 10.1. The van der Waals surface area contributed by atoms with Crippen LogP contribution in [0.4, 0.5) is 0 Å². The van der Waals surface area contributed by atoms with Gasteiger partial charge in [0.25, 0.3) is 11.5 Å². The first-order valence-corrected chi connectivity index (χ1v) is 10.4. The molecule has 0 spiro atoms. The smallest absolute Gasteiger partial charge is 0.261 e. The van der Waals surface area contributed by atoms with Crippen molar-refractivity contribution in [2.75, 3.05) is 13.1 Å². The fourth-order valence-electron chi connectivity index (χ4n) is 3.92. The van der Waals surface area contributed by atoms with Crippen LogP contribution in [-0.4, -0.2) is 39.9 Å². The van der Waals surface area contributed by atoms with Crippen LogP contribution in [0.2, 0.25) is 0 Å². The molecule has 0 unspecified atom stereocenters. The molecule has 1 fully saturated rings. The van der Waals surface area contributed by atoms with E-state index in [9.17, 15) is 9.59 Å². The van der Waals surface area contributed by atoms with Crippen molar-refractivity contribution in [1.82, 2.24) is 20.2 Å². The lowest BCUT2D eigenvalue weighted by Gasteiger charge is -2.22. The third-order valence-corrected chi connectivity index (χ3v) is 5.50. The van der Waals surface area contributed by atoms with Gasteiger partial charge in [0.05, 0.1) is 5.52 Å². The molecule has 0 bridgehead atoms. The summed E-state index contributed by atoms with van der Waals surface area (Å²) >= 11 is 0. The van der Waals surface area contributed by atoms with Crippen LogP contribution >= 0.6 is 0 Å². The summed E-state index contributed by atoms with van der Waals surface area (Å²) in [4.78, 5) is 34.5. The highest BCUT2D eigenvalue weighted by Gasteiger charge is 2.16. The Kier molecular flexibility index (Phi) is 6.21. The van der Waals surface area contributed by atoms with Crippen LogP contribution < -0.4 is 16.6 Å². The first-order chi connectivity index (χ1) is 14.6. The van der Waals surface area contributed by atoms with E-state index < -0.39 is 5.91 Å². The van der Waals surface area contributed by atoms with E-state index in [4.69, 9.17) is 5.73 Å². The molecule has 3 heterocycles. The van der Waals surface area contributed by atoms with E-state index in [1.807, 2.05) is 36.4 Å². The van der Waals surface area contributed by atoms with Gasteiger partial charge in [-0.25, -0.2) is 0 Å². The normalized spacial score (nSPS) is 17.6. The topological polar surface area (TPSA) is 104 Å². The third-order valence-electron chi connectivity index (χ3n) is 5.50. The Hall–Kier alpha value is -3.03. The largest absolute Gasteiger partial charge is 0.348 e. The van der Waals surface area contributed by atoms with Crippen molar-refractivity contribution in [3.05, 3.63) is 75.8 Å². The Balaban J connectivity index is 1.39. The van der Waals surface area contributed by atoms with Gasteiger partial charge in [0, 0.05) is 43.0 Å². The fraction of sp³-hybridized carbons (Fsp3) is 0.348. The number of rotatable bonds is 5. The molecule has 0 aliphatic carbocycles. The Bertz CT molecular complexity index is 1090. The minimum atomic E-state index is -0.396. The maximum atomic E-state index is 12.5. The molecule has 2 aromatic heterocycles. The fourth-order valence-corrected chi connectivity index (χ4v) is 3.92. The molecule has 1 amide bonds. The van der Waals surface area contributed by atoms with Gasteiger partial charge in [-0.05, 0) is 49.2 Å². The van der Waals surface area contributed by atoms with Crippen LogP contribution in [0.15, 0.2) is 53.5 Å². The molecular weight excluding hydrogens is 378 g/mol. The molecular formula is C23H27N5O2. The Morgan fingerprint density at radius 1 is 1.23 bits per heavy atom. The highest BCUT2D eigenvalue weighted by Crippen LogP contribution is 2.13. The summed E-state index contributed by atoms with van der Waals surface area (Å²) in [6.07, 6.45) is 5.03. The SMILES string of the molecule is N[C@H]1CCCCN(Cc2ccc(C(=O)NCc3cnc4ccccc4c3)c(=O)[nH]2)C1. The van der Waals surface area contributed by atoms with Crippen molar-refractivity contribution >= 4 is 16.8 Å². The molecule has 0 radical (unpaired) electrons. The number of nitrogens with one attached hydrogen (secondary N) is 2. The lowest BCUT2D eigenvalue weighted by molar-refractivity contribution is 0.0949. The number of benzene rings is 1. The van der Waals surface area contributed by atoms with Gasteiger partial charge in [-0.3, -0.25) is 19.5 Å². The number of aromatic amines is 1. The van der Waals surface area contributed by atoms with Crippen molar-refractivity contribution in [1.29, 1.82) is 0 Å². The molecule has 1 atom stereocenters. The van der Waals surface area contributed by atoms with Crippen LogP contribution in [0.5, 0.6) is 0 Å². The second kappa shape index (κ2) is 9.19. The molecule has 30 heavy (non-hydrogen) atoms. The zero-order valence-corrected chi connectivity index (χ0v) is 16.9. The molecule has 156 valence electrons. The van der Waals surface area contributed by atoms with Crippen molar-refractivity contribution in [2.24, 2.45) is 5.73 Å². The average molecular weight is 406 g/mol. The van der Waals surface area contributed by atoms with E-state index >= 15 is 0 Å². The predicted octanol–water partition coefficient (Wildman–Crippen LogP) is 2.17. The van der Waals surface area contributed by atoms with Gasteiger partial charge in [-0.2, -0.15) is 0 Å². The van der Waals surface area contributed by atoms with Gasteiger partial charge in [0.2, 0.25) is 0 Å². The first kappa shape index (κ1) is 20.3. The number of likely N-dealkylation sites (tertiary alicyclic amines) is 1. The number of H-pyrrole nitrogens is 1. The molecule has 7 nitrogen and oxygen atoms in total. The molecule has 3 aromatic rings. The van der Waals surface area contributed by atoms with Gasteiger partial charge in [0.1, 0.15) is 5.56 Å². The summed E-state index contributed by atoms with van der Waals surface area (Å²) in [5.74, 6) is -0.396. The van der Waals surface area contributed by atoms with E-state index in [1.54, 1.807) is 12.3 Å². The van der Waals surface area contributed by atoms with Gasteiger partial charge in [-0.15, -0.1) is 0 Å². The third kappa shape index (κ3) is 4.93. The minimum Gasteiger partial charge on any atom is -0.348 e. The van der Waals surface area contributed by atoms with E-state index in [1.165, 1.54) is 0 Å². The highest BCUT2D eigenvalue weighted by atomic mass is 16.2. The standard InChI is InChI=1S/C23H27N5O2/c24-18-6-3-4-10-28(14-18)15-19-8-9-20(23(30)27-19)22(29)26-13-16-11-17-5-1-2-7-21(17)25-12-16/h1-2,5,7-9,11-12,18H,3-4,6,10,13-15,24H2,(H,26,29)(H,27,30)/t18-/m0/s1. The molecule has 1 aliphatic heterocycles. The second-order valence-corrected chi connectivity index (χ2v) is 7.94. The molecule has 7 heteroatoms. The number of pyridine rings is 2. The van der Waals surface area contributed by atoms with Crippen LogP contribution in [0.3, 0.4) is 0 Å². The Morgan fingerprint density at radius 3 is 2.97 bits per heavy atom. The summed E-state index contributed by atoms with van der Waals surface area (Å²) in [5.41, 5.74) is 8.44. The van der Waals surface area contributed by atoms with E-state index in [0.29, 0.717) is 13.1 Å². The van der Waals surface area contributed by atoms with Gasteiger partial charge >= 0.3 is 0 Å². The summed E-state index contributed by atoms with van der Waals surface area (Å²) in [6, 6.07) is 13.4. The number of carbonyl (C=O) groups excluding carboxylic acids is 1. The number of nitrogens with two attached hydrogens (primary N) is 1. The van der Waals surface area contributed by atoms with E-state index in [-0.39, 0.29) is 17.2 Å². The van der Waals surface area contributed by atoms with E-state index in [2.05, 4.69) is 20.2 Å². The molecule has 1 saturated heterocycles. The quantitative estimate of drug-likeness (QED) is 0.603. The van der Waals surface area contributed by atoms with Crippen LogP contribution in [0, 0.1) is 0 Å². The number of fused-ring (bicyclic) bond motifs is 1. The molecule has 1 aliphatic rings. The number of hydrogen-bond acceptors (Lipinski definition) is 5. The maximum Gasteiger partial charge on any atom is 0.261 e. The molecule has 0 saturated carbocycles. The molecule has 1 aromatic carbocycles. The van der Waals surface area contributed by atoms with Crippen LogP contribution in [0.25, 0.3) is 10.9 Å². The average Bonchev–Trinajstić information content (AvgIpc) is 2.95. The number of carbonyl (C=O) groups is 1. The van der Waals surface area contributed by atoms with Gasteiger partial charge < -0.3 is 16.0 Å². The number of amides is 1. The summed E-state index contributed by atoms with van der Waals surface area (Å²) < 4.78 is 0. The van der Waals surface area contributed by atoms with Gasteiger partial charge in [0.15, 0.2) is 0 Å². The highest BCUT2D eigenvalue weighted by molar-refractivity contribution is 5.93. The summed E-state index contributed by atoms with van der Waals surface area (Å²) in [5, 5.41) is 3.82. The number of para-hydroxylation sites is 1. The van der Waals surface area contributed by atoms with Crippen molar-refractivity contribution in [3.63, 3.8) is 0 Å².